The molecule has 1 unspecified atom stereocenters. The lowest BCUT2D eigenvalue weighted by Crippen LogP contribution is -2.21. The summed E-state index contributed by atoms with van der Waals surface area (Å²) in [6, 6.07) is 8.86. The number of benzene rings is 1. The van der Waals surface area contributed by atoms with Crippen molar-refractivity contribution >= 4 is 39.9 Å². The number of pyridine rings is 2. The monoisotopic (exact) mass is 437 g/mol. The molecule has 0 spiro atoms. The fourth-order valence-corrected chi connectivity index (χ4v) is 3.53. The minimum absolute atomic E-state index is 0.231. The van der Waals surface area contributed by atoms with E-state index in [0.29, 0.717) is 28.8 Å². The lowest BCUT2D eigenvalue weighted by atomic mass is 10.0. The number of para-hydroxylation sites is 1. The Morgan fingerprint density at radius 1 is 1.16 bits per heavy atom. The summed E-state index contributed by atoms with van der Waals surface area (Å²) >= 11 is 6.27. The number of carbonyl (C=O) groups excluding carboxylic acids is 1. The van der Waals surface area contributed by atoms with E-state index in [1.165, 1.54) is 23.4 Å². The summed E-state index contributed by atoms with van der Waals surface area (Å²) < 4.78 is 5.80. The van der Waals surface area contributed by atoms with E-state index >= 15 is 0 Å². The summed E-state index contributed by atoms with van der Waals surface area (Å²) in [7, 11) is 0. The molecule has 0 aliphatic carbocycles. The molecule has 0 aliphatic rings. The minimum atomic E-state index is -0.454. The van der Waals surface area contributed by atoms with Crippen LogP contribution in [-0.2, 0) is 4.74 Å². The SMILES string of the molecule is CCOC(C)c1c(NC(=O)Nc2cnc(-n3nccn3)c(Cl)c2)cnc2ccccc12. The smallest absolute Gasteiger partial charge is 0.323 e. The number of hydrogen-bond acceptors (Lipinski definition) is 6. The van der Waals surface area contributed by atoms with Crippen LogP contribution in [0.25, 0.3) is 16.7 Å². The van der Waals surface area contributed by atoms with Crippen LogP contribution in [0.3, 0.4) is 0 Å². The van der Waals surface area contributed by atoms with Crippen molar-refractivity contribution in [2.24, 2.45) is 0 Å². The fraction of sp³-hybridized carbons (Fsp3) is 0.190. The first-order valence-electron chi connectivity index (χ1n) is 9.66. The second kappa shape index (κ2) is 9.07. The summed E-state index contributed by atoms with van der Waals surface area (Å²) in [5, 5.41) is 14.8. The van der Waals surface area contributed by atoms with Crippen LogP contribution < -0.4 is 10.6 Å². The standard InChI is InChI=1S/C21H20ClN7O2/c1-3-31-13(2)19-15-6-4-5-7-17(15)23-12-18(19)28-21(30)27-14-10-16(22)20(24-11-14)29-25-8-9-26-29/h4-13H,3H2,1-2H3,(H2,27,28,30). The Morgan fingerprint density at radius 2 is 1.94 bits per heavy atom. The lowest BCUT2D eigenvalue weighted by molar-refractivity contribution is 0.0778. The molecule has 4 rings (SSSR count). The van der Waals surface area contributed by atoms with Crippen LogP contribution in [0.2, 0.25) is 5.02 Å². The van der Waals surface area contributed by atoms with E-state index in [-0.39, 0.29) is 6.10 Å². The van der Waals surface area contributed by atoms with E-state index in [9.17, 15) is 4.79 Å². The average Bonchev–Trinajstić information content (AvgIpc) is 3.28. The van der Waals surface area contributed by atoms with Gasteiger partial charge in [-0.05, 0) is 26.0 Å². The van der Waals surface area contributed by atoms with Gasteiger partial charge in [-0.15, -0.1) is 4.80 Å². The number of rotatable bonds is 6. The van der Waals surface area contributed by atoms with Crippen LogP contribution in [0, 0.1) is 0 Å². The molecule has 31 heavy (non-hydrogen) atoms. The van der Waals surface area contributed by atoms with Gasteiger partial charge in [0.2, 0.25) is 0 Å². The molecular weight excluding hydrogens is 418 g/mol. The van der Waals surface area contributed by atoms with E-state index in [0.717, 1.165) is 16.5 Å². The second-order valence-corrected chi connectivity index (χ2v) is 7.03. The lowest BCUT2D eigenvalue weighted by Gasteiger charge is -2.19. The summed E-state index contributed by atoms with van der Waals surface area (Å²) in [6.07, 6.45) is 5.92. The Bertz CT molecular complexity index is 1210. The number of nitrogens with one attached hydrogen (secondary N) is 2. The highest BCUT2D eigenvalue weighted by Gasteiger charge is 2.18. The van der Waals surface area contributed by atoms with Crippen molar-refractivity contribution in [3.8, 4) is 5.82 Å². The highest BCUT2D eigenvalue weighted by molar-refractivity contribution is 6.32. The first-order valence-corrected chi connectivity index (χ1v) is 10.0. The van der Waals surface area contributed by atoms with Gasteiger partial charge in [0, 0.05) is 17.6 Å². The maximum Gasteiger partial charge on any atom is 0.323 e. The minimum Gasteiger partial charge on any atom is -0.374 e. The Hall–Kier alpha value is -3.56. The van der Waals surface area contributed by atoms with Gasteiger partial charge in [-0.3, -0.25) is 4.98 Å². The van der Waals surface area contributed by atoms with Gasteiger partial charge in [0.1, 0.15) is 0 Å². The van der Waals surface area contributed by atoms with Crippen molar-refractivity contribution in [2.75, 3.05) is 17.2 Å². The third-order valence-corrected chi connectivity index (χ3v) is 4.85. The zero-order valence-corrected chi connectivity index (χ0v) is 17.7. The van der Waals surface area contributed by atoms with Crippen LogP contribution in [0.4, 0.5) is 16.2 Å². The largest absolute Gasteiger partial charge is 0.374 e. The van der Waals surface area contributed by atoms with E-state index in [1.54, 1.807) is 12.3 Å². The van der Waals surface area contributed by atoms with Gasteiger partial charge in [-0.25, -0.2) is 9.78 Å². The van der Waals surface area contributed by atoms with Gasteiger partial charge in [-0.1, -0.05) is 29.8 Å². The summed E-state index contributed by atoms with van der Waals surface area (Å²) in [5.74, 6) is 0.365. The molecule has 1 atom stereocenters. The Balaban J connectivity index is 1.57. The predicted octanol–water partition coefficient (Wildman–Crippen LogP) is 4.61. The second-order valence-electron chi connectivity index (χ2n) is 6.63. The van der Waals surface area contributed by atoms with Gasteiger partial charge >= 0.3 is 6.03 Å². The number of urea groups is 1. The summed E-state index contributed by atoms with van der Waals surface area (Å²) in [4.78, 5) is 22.7. The Morgan fingerprint density at radius 3 is 2.68 bits per heavy atom. The van der Waals surface area contributed by atoms with Crippen LogP contribution >= 0.6 is 11.6 Å². The first-order chi connectivity index (χ1) is 15.1. The maximum absolute atomic E-state index is 12.7. The van der Waals surface area contributed by atoms with Crippen molar-refractivity contribution in [2.45, 2.75) is 20.0 Å². The zero-order valence-electron chi connectivity index (χ0n) is 16.9. The number of nitrogens with zero attached hydrogens (tertiary/aromatic N) is 5. The molecule has 9 nitrogen and oxygen atoms in total. The molecule has 158 valence electrons. The van der Waals surface area contributed by atoms with Gasteiger partial charge in [0.15, 0.2) is 5.82 Å². The van der Waals surface area contributed by atoms with Gasteiger partial charge in [-0.2, -0.15) is 10.2 Å². The van der Waals surface area contributed by atoms with Crippen molar-refractivity contribution in [3.63, 3.8) is 0 Å². The fourth-order valence-electron chi connectivity index (χ4n) is 3.29. The molecule has 2 amide bonds. The van der Waals surface area contributed by atoms with E-state index in [1.807, 2.05) is 38.1 Å². The van der Waals surface area contributed by atoms with Gasteiger partial charge in [0.25, 0.3) is 0 Å². The highest BCUT2D eigenvalue weighted by Crippen LogP contribution is 2.32. The number of ether oxygens (including phenoxy) is 1. The molecule has 3 heterocycles. The number of hydrogen-bond donors (Lipinski definition) is 2. The molecule has 2 N–H and O–H groups in total. The molecule has 3 aromatic heterocycles. The molecule has 0 bridgehead atoms. The van der Waals surface area contributed by atoms with E-state index in [4.69, 9.17) is 16.3 Å². The predicted molar refractivity (Wildman–Crippen MR) is 119 cm³/mol. The Labute approximate surface area is 183 Å². The molecular formula is C21H20ClN7O2. The third kappa shape index (κ3) is 4.47. The number of anilines is 2. The average molecular weight is 438 g/mol. The normalized spacial score (nSPS) is 12.0. The van der Waals surface area contributed by atoms with Crippen LogP contribution in [0.5, 0.6) is 0 Å². The first kappa shape index (κ1) is 20.7. The molecule has 4 aromatic rings. The number of amides is 2. The maximum atomic E-state index is 12.7. The number of aromatic nitrogens is 5. The van der Waals surface area contributed by atoms with Crippen LogP contribution in [0.1, 0.15) is 25.5 Å². The van der Waals surface area contributed by atoms with E-state index < -0.39 is 6.03 Å². The zero-order chi connectivity index (χ0) is 21.8. The van der Waals surface area contributed by atoms with E-state index in [2.05, 4.69) is 30.8 Å². The Kier molecular flexibility index (Phi) is 6.06. The van der Waals surface area contributed by atoms with Gasteiger partial charge < -0.3 is 15.4 Å². The number of carbonyl (C=O) groups is 1. The summed E-state index contributed by atoms with van der Waals surface area (Å²) in [5.41, 5.74) is 2.67. The van der Waals surface area contributed by atoms with Crippen molar-refractivity contribution in [1.29, 1.82) is 0 Å². The van der Waals surface area contributed by atoms with Gasteiger partial charge in [0.05, 0.1) is 52.8 Å². The van der Waals surface area contributed by atoms with Crippen LogP contribution in [-0.4, -0.2) is 37.6 Å². The van der Waals surface area contributed by atoms with Crippen LogP contribution in [0.15, 0.2) is 55.1 Å². The summed E-state index contributed by atoms with van der Waals surface area (Å²) in [6.45, 7) is 4.42. The third-order valence-electron chi connectivity index (χ3n) is 4.58. The van der Waals surface area contributed by atoms with Crippen molar-refractivity contribution in [3.05, 3.63) is 65.7 Å². The molecule has 0 radical (unpaired) electrons. The molecule has 0 saturated heterocycles. The molecule has 0 fully saturated rings. The molecule has 1 aromatic carbocycles. The topological polar surface area (TPSA) is 107 Å². The highest BCUT2D eigenvalue weighted by atomic mass is 35.5. The molecule has 0 aliphatic heterocycles. The number of fused-ring (bicyclic) bond motifs is 1. The van der Waals surface area contributed by atoms with Crippen molar-refractivity contribution in [1.82, 2.24) is 25.0 Å². The molecule has 0 saturated carbocycles. The van der Waals surface area contributed by atoms with Crippen molar-refractivity contribution < 1.29 is 9.53 Å². The number of halogens is 1. The quantitative estimate of drug-likeness (QED) is 0.456. The molecule has 10 heteroatoms.